The van der Waals surface area contributed by atoms with Crippen LogP contribution in [0, 0.1) is 11.7 Å². The maximum atomic E-state index is 13.1. The van der Waals surface area contributed by atoms with Gasteiger partial charge in [0.25, 0.3) is 5.91 Å². The zero-order valence-electron chi connectivity index (χ0n) is 17.9. The summed E-state index contributed by atoms with van der Waals surface area (Å²) >= 11 is 0. The lowest BCUT2D eigenvalue weighted by Crippen LogP contribution is -2.40. The largest absolute Gasteiger partial charge is 0.573 e. The molecule has 0 spiro atoms. The molecular weight excluding hydrogens is 502 g/mol. The topological polar surface area (TPSA) is 97.8 Å². The minimum atomic E-state index is -5.03. The van der Waals surface area contributed by atoms with Gasteiger partial charge in [-0.15, -0.1) is 13.2 Å². The van der Waals surface area contributed by atoms with Crippen molar-refractivity contribution in [3.63, 3.8) is 0 Å². The van der Waals surface area contributed by atoms with Crippen LogP contribution in [-0.2, 0) is 19.7 Å². The van der Waals surface area contributed by atoms with Gasteiger partial charge in [-0.05, 0) is 61.2 Å². The predicted molar refractivity (Wildman–Crippen MR) is 113 cm³/mol. The van der Waals surface area contributed by atoms with Crippen LogP contribution in [-0.4, -0.2) is 59.1 Å². The lowest BCUT2D eigenvalue weighted by Gasteiger charge is -2.32. The van der Waals surface area contributed by atoms with E-state index in [1.54, 1.807) is 0 Å². The molecule has 1 fully saturated rings. The highest BCUT2D eigenvalue weighted by Crippen LogP contribution is 2.30. The molecule has 186 valence electrons. The maximum Gasteiger partial charge on any atom is 0.573 e. The summed E-state index contributed by atoms with van der Waals surface area (Å²) in [6, 6.07) is 6.95. The molecule has 0 saturated carbocycles. The Kier molecular flexibility index (Phi) is 7.27. The number of amides is 1. The molecule has 0 N–H and O–H groups in total. The van der Waals surface area contributed by atoms with Crippen LogP contribution in [0.4, 0.5) is 17.6 Å². The summed E-state index contributed by atoms with van der Waals surface area (Å²) in [7, 11) is -7.73. The minimum Gasteiger partial charge on any atom is -0.406 e. The molecule has 13 heteroatoms. The van der Waals surface area contributed by atoms with Gasteiger partial charge >= 0.3 is 6.36 Å². The fourth-order valence-corrected chi connectivity index (χ4v) is 6.29. The molecule has 1 aliphatic rings. The number of ether oxygens (including phenoxy) is 1. The lowest BCUT2D eigenvalue weighted by atomic mass is 9.98. The smallest absolute Gasteiger partial charge is 0.406 e. The first-order valence-electron chi connectivity index (χ1n) is 10.0. The molecule has 0 atom stereocenters. The molecule has 0 radical (unpaired) electrons. The number of sulfone groups is 2. The van der Waals surface area contributed by atoms with E-state index in [0.29, 0.717) is 18.9 Å². The second-order valence-electron chi connectivity index (χ2n) is 7.95. The number of rotatable bonds is 6. The SMILES string of the molecule is CS(=O)(=O)c1cc(OC(F)(F)F)ccc1C(=O)N1CCC(CS(=O)(=O)c2ccc(F)cc2)CC1. The molecular formula is C21H21F4NO6S2. The highest BCUT2D eigenvalue weighted by molar-refractivity contribution is 7.91. The van der Waals surface area contributed by atoms with Crippen LogP contribution >= 0.6 is 0 Å². The molecule has 1 amide bonds. The van der Waals surface area contributed by atoms with Crippen molar-refractivity contribution in [1.82, 2.24) is 4.90 Å². The zero-order valence-corrected chi connectivity index (χ0v) is 19.5. The molecule has 2 aromatic carbocycles. The Morgan fingerprint density at radius 3 is 2.15 bits per heavy atom. The van der Waals surface area contributed by atoms with Crippen molar-refractivity contribution in [1.29, 1.82) is 0 Å². The Hall–Kier alpha value is -2.67. The summed E-state index contributed by atoms with van der Waals surface area (Å²) in [5.74, 6) is -2.50. The molecule has 1 saturated heterocycles. The van der Waals surface area contributed by atoms with Gasteiger partial charge in [-0.1, -0.05) is 0 Å². The van der Waals surface area contributed by atoms with E-state index in [1.807, 2.05) is 0 Å². The Balaban J connectivity index is 1.72. The van der Waals surface area contributed by atoms with Crippen molar-refractivity contribution < 1.29 is 43.9 Å². The predicted octanol–water partition coefficient (Wildman–Crippen LogP) is 3.45. The first kappa shape index (κ1) is 25.9. The molecule has 0 unspecified atom stereocenters. The summed E-state index contributed by atoms with van der Waals surface area (Å²) in [4.78, 5) is 13.7. The Morgan fingerprint density at radius 2 is 1.62 bits per heavy atom. The minimum absolute atomic E-state index is 0.00799. The van der Waals surface area contributed by atoms with Crippen molar-refractivity contribution in [3.05, 3.63) is 53.8 Å². The maximum absolute atomic E-state index is 13.1. The van der Waals surface area contributed by atoms with Gasteiger partial charge in [0.15, 0.2) is 19.7 Å². The van der Waals surface area contributed by atoms with E-state index in [-0.39, 0.29) is 35.2 Å². The molecule has 0 aliphatic carbocycles. The number of piperidine rings is 1. The van der Waals surface area contributed by atoms with Crippen LogP contribution in [0.5, 0.6) is 5.75 Å². The molecule has 1 aliphatic heterocycles. The Labute approximate surface area is 194 Å². The molecule has 7 nitrogen and oxygen atoms in total. The standard InChI is InChI=1S/C21H21F4NO6S2/c1-33(28,29)19-12-16(32-21(23,24)25)4-7-18(19)20(27)26-10-8-14(9-11-26)13-34(30,31)17-5-2-15(22)3-6-17/h2-7,12,14H,8-11,13H2,1H3. The van der Waals surface area contributed by atoms with E-state index in [0.717, 1.165) is 30.5 Å². The van der Waals surface area contributed by atoms with Crippen molar-refractivity contribution in [2.24, 2.45) is 5.92 Å². The van der Waals surface area contributed by atoms with Crippen LogP contribution in [0.25, 0.3) is 0 Å². The van der Waals surface area contributed by atoms with Crippen LogP contribution < -0.4 is 4.74 Å². The van der Waals surface area contributed by atoms with Gasteiger partial charge in [-0.25, -0.2) is 21.2 Å². The molecule has 0 aromatic heterocycles. The average Bonchev–Trinajstić information content (AvgIpc) is 2.72. The first-order chi connectivity index (χ1) is 15.7. The van der Waals surface area contributed by atoms with E-state index < -0.39 is 48.4 Å². The highest BCUT2D eigenvalue weighted by atomic mass is 32.2. The summed E-state index contributed by atoms with van der Waals surface area (Å²) in [5.41, 5.74) is -0.297. The van der Waals surface area contributed by atoms with E-state index in [1.165, 1.54) is 17.0 Å². The summed E-state index contributed by atoms with van der Waals surface area (Å²) in [6.07, 6.45) is -3.63. The van der Waals surface area contributed by atoms with Crippen molar-refractivity contribution in [2.45, 2.75) is 29.0 Å². The third-order valence-electron chi connectivity index (χ3n) is 5.35. The normalized spacial score (nSPS) is 15.9. The first-order valence-corrected chi connectivity index (χ1v) is 13.6. The summed E-state index contributed by atoms with van der Waals surface area (Å²) < 4.78 is 104. The Morgan fingerprint density at radius 1 is 1.03 bits per heavy atom. The van der Waals surface area contributed by atoms with Crippen LogP contribution in [0.1, 0.15) is 23.2 Å². The Bertz CT molecular complexity index is 1270. The number of hydrogen-bond donors (Lipinski definition) is 0. The average molecular weight is 524 g/mol. The van der Waals surface area contributed by atoms with Gasteiger partial charge in [0.1, 0.15) is 11.6 Å². The fourth-order valence-electron chi connectivity index (χ4n) is 3.70. The lowest BCUT2D eigenvalue weighted by molar-refractivity contribution is -0.274. The highest BCUT2D eigenvalue weighted by Gasteiger charge is 2.33. The van der Waals surface area contributed by atoms with E-state index in [2.05, 4.69) is 4.74 Å². The van der Waals surface area contributed by atoms with Gasteiger partial charge in [0.2, 0.25) is 0 Å². The number of carbonyl (C=O) groups excluding carboxylic acids is 1. The van der Waals surface area contributed by atoms with Gasteiger partial charge in [0.05, 0.1) is 21.1 Å². The second-order valence-corrected chi connectivity index (χ2v) is 12.0. The van der Waals surface area contributed by atoms with Crippen molar-refractivity contribution in [2.75, 3.05) is 25.1 Å². The van der Waals surface area contributed by atoms with Crippen LogP contribution in [0.15, 0.2) is 52.3 Å². The van der Waals surface area contributed by atoms with Crippen LogP contribution in [0.2, 0.25) is 0 Å². The van der Waals surface area contributed by atoms with Crippen molar-refractivity contribution in [3.8, 4) is 5.75 Å². The molecule has 1 heterocycles. The number of benzene rings is 2. The molecule has 0 bridgehead atoms. The van der Waals surface area contributed by atoms with Gasteiger partial charge in [-0.3, -0.25) is 4.79 Å². The number of nitrogens with zero attached hydrogens (tertiary/aromatic N) is 1. The number of halogens is 4. The molecule has 2 aromatic rings. The third-order valence-corrected chi connectivity index (χ3v) is 8.38. The number of hydrogen-bond acceptors (Lipinski definition) is 6. The van der Waals surface area contributed by atoms with E-state index in [9.17, 15) is 39.2 Å². The van der Waals surface area contributed by atoms with Gasteiger partial charge < -0.3 is 9.64 Å². The number of carbonyl (C=O) groups is 1. The monoisotopic (exact) mass is 523 g/mol. The second kappa shape index (κ2) is 9.53. The molecule has 3 rings (SSSR count). The van der Waals surface area contributed by atoms with Crippen molar-refractivity contribution >= 4 is 25.6 Å². The zero-order chi connectivity index (χ0) is 25.3. The van der Waals surface area contributed by atoms with E-state index >= 15 is 0 Å². The number of likely N-dealkylation sites (tertiary alicyclic amines) is 1. The van der Waals surface area contributed by atoms with Gasteiger partial charge in [0, 0.05) is 19.3 Å². The van der Waals surface area contributed by atoms with E-state index in [4.69, 9.17) is 0 Å². The van der Waals surface area contributed by atoms with Crippen LogP contribution in [0.3, 0.4) is 0 Å². The summed E-state index contributed by atoms with van der Waals surface area (Å²) in [6.45, 7) is 0.263. The number of alkyl halides is 3. The fraction of sp³-hybridized carbons (Fsp3) is 0.381. The molecule has 34 heavy (non-hydrogen) atoms. The van der Waals surface area contributed by atoms with Gasteiger partial charge in [-0.2, -0.15) is 0 Å². The quantitative estimate of drug-likeness (QED) is 0.425. The third kappa shape index (κ3) is 6.47. The summed E-state index contributed by atoms with van der Waals surface area (Å²) in [5, 5.41) is 0.